The molecule has 0 aliphatic heterocycles. The summed E-state index contributed by atoms with van der Waals surface area (Å²) in [4.78, 5) is 11.4. The SMILES string of the molecule is CNC(=O)c1cc(C(C)C)c(O)cc1O. The van der Waals surface area contributed by atoms with Crippen molar-refractivity contribution in [3.05, 3.63) is 23.3 Å². The number of phenols is 2. The number of phenolic OH excluding ortho intramolecular Hbond substituents is 2. The zero-order chi connectivity index (χ0) is 11.6. The number of carbonyl (C=O) groups is 1. The Hall–Kier alpha value is -1.71. The molecule has 0 atom stereocenters. The van der Waals surface area contributed by atoms with E-state index >= 15 is 0 Å². The van der Waals surface area contributed by atoms with Gasteiger partial charge in [-0.1, -0.05) is 13.8 Å². The van der Waals surface area contributed by atoms with Gasteiger partial charge in [0.2, 0.25) is 0 Å². The summed E-state index contributed by atoms with van der Waals surface area (Å²) in [6.45, 7) is 3.81. The third-order valence-electron chi connectivity index (χ3n) is 2.24. The topological polar surface area (TPSA) is 69.6 Å². The molecule has 0 radical (unpaired) electrons. The van der Waals surface area contributed by atoms with Crippen molar-refractivity contribution in [2.75, 3.05) is 7.05 Å². The van der Waals surface area contributed by atoms with Crippen molar-refractivity contribution in [1.82, 2.24) is 5.32 Å². The monoisotopic (exact) mass is 209 g/mol. The lowest BCUT2D eigenvalue weighted by molar-refractivity contribution is 0.0960. The first kappa shape index (κ1) is 11.4. The molecule has 1 aromatic carbocycles. The van der Waals surface area contributed by atoms with Crippen LogP contribution in [0.2, 0.25) is 0 Å². The highest BCUT2D eigenvalue weighted by Crippen LogP contribution is 2.31. The fraction of sp³-hybridized carbons (Fsp3) is 0.364. The van der Waals surface area contributed by atoms with Crippen molar-refractivity contribution in [2.24, 2.45) is 0 Å². The quantitative estimate of drug-likeness (QED) is 0.692. The van der Waals surface area contributed by atoms with E-state index in [1.54, 1.807) is 0 Å². The van der Waals surface area contributed by atoms with Gasteiger partial charge in [-0.15, -0.1) is 0 Å². The molecule has 3 N–H and O–H groups in total. The fourth-order valence-corrected chi connectivity index (χ4v) is 1.37. The Kier molecular flexibility index (Phi) is 3.19. The van der Waals surface area contributed by atoms with Crippen LogP contribution >= 0.6 is 0 Å². The molecule has 1 amide bonds. The molecule has 0 aliphatic carbocycles. The van der Waals surface area contributed by atoms with E-state index in [1.807, 2.05) is 13.8 Å². The lowest BCUT2D eigenvalue weighted by Crippen LogP contribution is -2.18. The van der Waals surface area contributed by atoms with E-state index in [9.17, 15) is 15.0 Å². The zero-order valence-corrected chi connectivity index (χ0v) is 9.03. The fourth-order valence-electron chi connectivity index (χ4n) is 1.37. The van der Waals surface area contributed by atoms with Gasteiger partial charge in [0.1, 0.15) is 11.5 Å². The Bertz CT molecular complexity index is 386. The summed E-state index contributed by atoms with van der Waals surface area (Å²) in [5, 5.41) is 21.5. The third-order valence-corrected chi connectivity index (χ3v) is 2.24. The van der Waals surface area contributed by atoms with Gasteiger partial charge in [-0.25, -0.2) is 0 Å². The second-order valence-corrected chi connectivity index (χ2v) is 3.66. The summed E-state index contributed by atoms with van der Waals surface area (Å²) >= 11 is 0. The van der Waals surface area contributed by atoms with Crippen LogP contribution in [0.4, 0.5) is 0 Å². The van der Waals surface area contributed by atoms with Gasteiger partial charge in [0.25, 0.3) is 5.91 Å². The van der Waals surface area contributed by atoms with Crippen molar-refractivity contribution in [1.29, 1.82) is 0 Å². The molecule has 0 unspecified atom stereocenters. The summed E-state index contributed by atoms with van der Waals surface area (Å²) in [5.74, 6) is -0.477. The first-order valence-electron chi connectivity index (χ1n) is 4.75. The predicted octanol–water partition coefficient (Wildman–Crippen LogP) is 1.58. The number of amides is 1. The van der Waals surface area contributed by atoms with E-state index in [-0.39, 0.29) is 28.9 Å². The maximum atomic E-state index is 11.4. The molecule has 0 saturated heterocycles. The number of rotatable bonds is 2. The predicted molar refractivity (Wildman–Crippen MR) is 57.3 cm³/mol. The number of benzene rings is 1. The number of aromatic hydroxyl groups is 2. The van der Waals surface area contributed by atoms with Crippen LogP contribution < -0.4 is 5.32 Å². The van der Waals surface area contributed by atoms with Gasteiger partial charge < -0.3 is 15.5 Å². The van der Waals surface area contributed by atoms with Crippen LogP contribution in [0.3, 0.4) is 0 Å². The average Bonchev–Trinajstić information content (AvgIpc) is 2.16. The Morgan fingerprint density at radius 2 is 1.87 bits per heavy atom. The summed E-state index contributed by atoms with van der Waals surface area (Å²) in [6, 6.07) is 2.70. The van der Waals surface area contributed by atoms with Crippen molar-refractivity contribution in [2.45, 2.75) is 19.8 Å². The average molecular weight is 209 g/mol. The van der Waals surface area contributed by atoms with Crippen molar-refractivity contribution >= 4 is 5.91 Å². The zero-order valence-electron chi connectivity index (χ0n) is 9.03. The van der Waals surface area contributed by atoms with Gasteiger partial charge in [-0.3, -0.25) is 4.79 Å². The van der Waals surface area contributed by atoms with Crippen LogP contribution in [0.15, 0.2) is 12.1 Å². The number of carbonyl (C=O) groups excluding carboxylic acids is 1. The smallest absolute Gasteiger partial charge is 0.254 e. The van der Waals surface area contributed by atoms with Crippen LogP contribution in [0.25, 0.3) is 0 Å². The first-order valence-corrected chi connectivity index (χ1v) is 4.75. The molecule has 4 heteroatoms. The molecule has 0 saturated carbocycles. The van der Waals surface area contributed by atoms with E-state index in [0.717, 1.165) is 0 Å². The lowest BCUT2D eigenvalue weighted by atomic mass is 9.98. The van der Waals surface area contributed by atoms with Gasteiger partial charge in [-0.05, 0) is 17.5 Å². The number of nitrogens with one attached hydrogen (secondary N) is 1. The molecule has 15 heavy (non-hydrogen) atoms. The van der Waals surface area contributed by atoms with Gasteiger partial charge in [0, 0.05) is 13.1 Å². The van der Waals surface area contributed by atoms with Gasteiger partial charge in [-0.2, -0.15) is 0 Å². The Morgan fingerprint density at radius 1 is 1.27 bits per heavy atom. The van der Waals surface area contributed by atoms with Gasteiger partial charge in [0.05, 0.1) is 5.56 Å². The van der Waals surface area contributed by atoms with Gasteiger partial charge in [0.15, 0.2) is 0 Å². The van der Waals surface area contributed by atoms with Crippen LogP contribution in [-0.4, -0.2) is 23.2 Å². The summed E-state index contributed by atoms with van der Waals surface area (Å²) in [6.07, 6.45) is 0. The maximum Gasteiger partial charge on any atom is 0.254 e. The molecular formula is C11H15NO3. The second-order valence-electron chi connectivity index (χ2n) is 3.66. The molecule has 0 spiro atoms. The van der Waals surface area contributed by atoms with Crippen LogP contribution in [0, 0.1) is 0 Å². The minimum atomic E-state index is -0.366. The molecule has 82 valence electrons. The van der Waals surface area contributed by atoms with Crippen LogP contribution in [0.5, 0.6) is 11.5 Å². The van der Waals surface area contributed by atoms with E-state index in [0.29, 0.717) is 5.56 Å². The van der Waals surface area contributed by atoms with E-state index in [4.69, 9.17) is 0 Å². The summed E-state index contributed by atoms with van der Waals surface area (Å²) in [7, 11) is 1.49. The minimum absolute atomic E-state index is 0.00940. The van der Waals surface area contributed by atoms with Gasteiger partial charge >= 0.3 is 0 Å². The molecule has 0 fully saturated rings. The Balaban J connectivity index is 3.29. The second kappa shape index (κ2) is 4.21. The molecule has 1 rings (SSSR count). The first-order chi connectivity index (χ1) is 6.97. The molecule has 0 bridgehead atoms. The summed E-state index contributed by atoms with van der Waals surface area (Å²) in [5.41, 5.74) is 0.824. The van der Waals surface area contributed by atoms with Crippen LogP contribution in [0.1, 0.15) is 35.7 Å². The maximum absolute atomic E-state index is 11.4. The molecule has 0 heterocycles. The van der Waals surface area contributed by atoms with E-state index in [1.165, 1.54) is 19.2 Å². The van der Waals surface area contributed by atoms with Crippen LogP contribution in [-0.2, 0) is 0 Å². The van der Waals surface area contributed by atoms with E-state index < -0.39 is 0 Å². The molecule has 1 aromatic rings. The summed E-state index contributed by atoms with van der Waals surface area (Å²) < 4.78 is 0. The number of hydrogen-bond donors (Lipinski definition) is 3. The van der Waals surface area contributed by atoms with E-state index in [2.05, 4.69) is 5.32 Å². The van der Waals surface area contributed by atoms with Crippen molar-refractivity contribution in [3.63, 3.8) is 0 Å². The molecular weight excluding hydrogens is 194 g/mol. The molecule has 0 aromatic heterocycles. The lowest BCUT2D eigenvalue weighted by Gasteiger charge is -2.11. The van der Waals surface area contributed by atoms with Crippen molar-refractivity contribution < 1.29 is 15.0 Å². The largest absolute Gasteiger partial charge is 0.508 e. The minimum Gasteiger partial charge on any atom is -0.508 e. The Labute approximate surface area is 88.6 Å². The highest BCUT2D eigenvalue weighted by molar-refractivity contribution is 5.97. The van der Waals surface area contributed by atoms with Crippen molar-refractivity contribution in [3.8, 4) is 11.5 Å². The number of hydrogen-bond acceptors (Lipinski definition) is 3. The highest BCUT2D eigenvalue weighted by Gasteiger charge is 2.15. The standard InChI is InChI=1S/C11H15NO3/c1-6(2)7-4-8(11(15)12-3)10(14)5-9(7)13/h4-6,13-14H,1-3H3,(H,12,15). The molecule has 4 nitrogen and oxygen atoms in total. The normalized spacial score (nSPS) is 10.4. The highest BCUT2D eigenvalue weighted by atomic mass is 16.3. The molecule has 0 aliphatic rings. The Morgan fingerprint density at radius 3 is 2.33 bits per heavy atom. The third kappa shape index (κ3) is 2.21.